The lowest BCUT2D eigenvalue weighted by atomic mass is 10.3. The fourth-order valence-corrected chi connectivity index (χ4v) is 1.64. The first-order valence-corrected chi connectivity index (χ1v) is 4.71. The molecule has 1 aliphatic heterocycles. The van der Waals surface area contributed by atoms with Crippen molar-refractivity contribution in [2.45, 2.75) is 13.0 Å². The van der Waals surface area contributed by atoms with Gasteiger partial charge in [-0.25, -0.2) is 4.79 Å². The fourth-order valence-electron chi connectivity index (χ4n) is 1.64. The van der Waals surface area contributed by atoms with E-state index in [0.717, 1.165) is 0 Å². The van der Waals surface area contributed by atoms with Crippen molar-refractivity contribution in [2.75, 3.05) is 19.6 Å². The highest BCUT2D eigenvalue weighted by atomic mass is 16.3. The van der Waals surface area contributed by atoms with Gasteiger partial charge in [0, 0.05) is 12.6 Å². The summed E-state index contributed by atoms with van der Waals surface area (Å²) < 4.78 is 0. The van der Waals surface area contributed by atoms with E-state index in [9.17, 15) is 4.79 Å². The van der Waals surface area contributed by atoms with Crippen LogP contribution in [0.2, 0.25) is 0 Å². The third-order valence-corrected chi connectivity index (χ3v) is 2.26. The summed E-state index contributed by atoms with van der Waals surface area (Å²) in [5.74, 6) is -0.0832. The van der Waals surface area contributed by atoms with Gasteiger partial charge in [0.1, 0.15) is 11.5 Å². The minimum absolute atomic E-state index is 0.000694. The van der Waals surface area contributed by atoms with Crippen LogP contribution in [0.5, 0.6) is 0 Å². The molecule has 0 bridgehead atoms. The molecule has 5 nitrogen and oxygen atoms in total. The molecule has 1 unspecified atom stereocenters. The molecule has 1 rings (SSSR count). The summed E-state index contributed by atoms with van der Waals surface area (Å²) in [5, 5.41) is 18.1. The first kappa shape index (κ1) is 11.4. The normalized spacial score (nSPS) is 20.9. The average Bonchev–Trinajstić information content (AvgIpc) is 2.31. The van der Waals surface area contributed by atoms with Crippen molar-refractivity contribution < 1.29 is 15.0 Å². The Morgan fingerprint density at radius 1 is 1.40 bits per heavy atom. The summed E-state index contributed by atoms with van der Waals surface area (Å²) >= 11 is 0. The van der Waals surface area contributed by atoms with E-state index in [1.807, 2.05) is 6.92 Å². The van der Waals surface area contributed by atoms with E-state index >= 15 is 0 Å². The molecule has 1 heterocycles. The van der Waals surface area contributed by atoms with Gasteiger partial charge < -0.3 is 20.0 Å². The van der Waals surface area contributed by atoms with Gasteiger partial charge in [0.05, 0.1) is 13.1 Å². The van der Waals surface area contributed by atoms with Crippen molar-refractivity contribution in [3.05, 3.63) is 24.7 Å². The number of urea groups is 1. The highest BCUT2D eigenvalue weighted by molar-refractivity contribution is 5.77. The Hall–Kier alpha value is -1.65. The number of aliphatic hydroxyl groups is 2. The van der Waals surface area contributed by atoms with Gasteiger partial charge in [-0.1, -0.05) is 13.2 Å². The second-order valence-electron chi connectivity index (χ2n) is 3.77. The van der Waals surface area contributed by atoms with E-state index in [0.29, 0.717) is 6.54 Å². The molecule has 0 aromatic carbocycles. The van der Waals surface area contributed by atoms with E-state index in [2.05, 4.69) is 13.2 Å². The first-order chi connectivity index (χ1) is 6.91. The number of hydrogen-bond donors (Lipinski definition) is 2. The van der Waals surface area contributed by atoms with E-state index in [1.165, 1.54) is 9.80 Å². The molecule has 1 atom stereocenters. The first-order valence-electron chi connectivity index (χ1n) is 4.71. The summed E-state index contributed by atoms with van der Waals surface area (Å²) in [4.78, 5) is 14.7. The molecular formula is C10H16N2O3. The maximum absolute atomic E-state index is 11.7. The number of amides is 2. The third kappa shape index (κ3) is 2.65. The number of carbonyl (C=O) groups is 1. The molecule has 0 aromatic heterocycles. The van der Waals surface area contributed by atoms with Crippen LogP contribution in [0.15, 0.2) is 24.7 Å². The largest absolute Gasteiger partial charge is 0.511 e. The summed E-state index contributed by atoms with van der Waals surface area (Å²) in [7, 11) is 0. The topological polar surface area (TPSA) is 64.0 Å². The van der Waals surface area contributed by atoms with Gasteiger partial charge in [-0.15, -0.1) is 0 Å². The molecule has 15 heavy (non-hydrogen) atoms. The molecule has 0 aliphatic carbocycles. The molecule has 2 amide bonds. The second kappa shape index (κ2) is 4.25. The lowest BCUT2D eigenvalue weighted by molar-refractivity contribution is 0.183. The Kier molecular flexibility index (Phi) is 3.24. The molecule has 1 fully saturated rings. The Morgan fingerprint density at radius 2 is 1.93 bits per heavy atom. The fraction of sp³-hybridized carbons (Fsp3) is 0.500. The van der Waals surface area contributed by atoms with Crippen LogP contribution in [0.25, 0.3) is 0 Å². The Morgan fingerprint density at radius 3 is 2.40 bits per heavy atom. The monoisotopic (exact) mass is 212 g/mol. The van der Waals surface area contributed by atoms with Gasteiger partial charge in [-0.2, -0.15) is 0 Å². The van der Waals surface area contributed by atoms with Gasteiger partial charge >= 0.3 is 6.03 Å². The average molecular weight is 212 g/mol. The van der Waals surface area contributed by atoms with Crippen LogP contribution in [-0.4, -0.2) is 51.7 Å². The highest BCUT2D eigenvalue weighted by Gasteiger charge is 2.34. The lowest BCUT2D eigenvalue weighted by Crippen LogP contribution is -2.35. The third-order valence-electron chi connectivity index (χ3n) is 2.26. The van der Waals surface area contributed by atoms with Gasteiger partial charge in [-0.05, 0) is 6.92 Å². The van der Waals surface area contributed by atoms with Crippen LogP contribution >= 0.6 is 0 Å². The maximum Gasteiger partial charge on any atom is 0.321 e. The van der Waals surface area contributed by atoms with Crippen molar-refractivity contribution >= 4 is 6.03 Å². The van der Waals surface area contributed by atoms with Crippen molar-refractivity contribution in [1.82, 2.24) is 9.80 Å². The molecule has 0 spiro atoms. The van der Waals surface area contributed by atoms with Crippen molar-refractivity contribution in [1.29, 1.82) is 0 Å². The van der Waals surface area contributed by atoms with Crippen LogP contribution in [-0.2, 0) is 0 Å². The molecule has 2 N–H and O–H groups in total. The number of aliphatic hydroxyl groups excluding tert-OH is 2. The number of nitrogens with zero attached hydrogens (tertiary/aromatic N) is 2. The number of hydrogen-bond acceptors (Lipinski definition) is 3. The van der Waals surface area contributed by atoms with E-state index in [1.54, 1.807) is 0 Å². The molecule has 1 aliphatic rings. The van der Waals surface area contributed by atoms with Gasteiger partial charge in [0.25, 0.3) is 0 Å². The molecule has 0 aromatic rings. The van der Waals surface area contributed by atoms with E-state index < -0.39 is 0 Å². The zero-order valence-corrected chi connectivity index (χ0v) is 8.81. The zero-order chi connectivity index (χ0) is 11.6. The summed E-state index contributed by atoms with van der Waals surface area (Å²) in [5.41, 5.74) is 0. The highest BCUT2D eigenvalue weighted by Crippen LogP contribution is 2.16. The van der Waals surface area contributed by atoms with Crippen LogP contribution in [0.4, 0.5) is 4.79 Å². The minimum atomic E-state index is -0.215. The van der Waals surface area contributed by atoms with Crippen molar-refractivity contribution in [3.63, 3.8) is 0 Å². The van der Waals surface area contributed by atoms with Crippen molar-refractivity contribution in [2.24, 2.45) is 0 Å². The predicted octanol–water partition coefficient (Wildman–Crippen LogP) is 1.26. The van der Waals surface area contributed by atoms with Crippen LogP contribution in [0, 0.1) is 0 Å². The van der Waals surface area contributed by atoms with Crippen molar-refractivity contribution in [3.8, 4) is 0 Å². The second-order valence-corrected chi connectivity index (χ2v) is 3.77. The molecule has 0 saturated carbocycles. The van der Waals surface area contributed by atoms with Crippen LogP contribution in [0.1, 0.15) is 6.92 Å². The smallest absolute Gasteiger partial charge is 0.321 e. The summed E-state index contributed by atoms with van der Waals surface area (Å²) in [6.07, 6.45) is 0. The molecule has 84 valence electrons. The lowest BCUT2D eigenvalue weighted by Gasteiger charge is -2.19. The van der Waals surface area contributed by atoms with E-state index in [-0.39, 0.29) is 36.7 Å². The van der Waals surface area contributed by atoms with Gasteiger partial charge in [0.2, 0.25) is 0 Å². The maximum atomic E-state index is 11.7. The number of carbonyl (C=O) groups excluding carboxylic acids is 1. The quantitative estimate of drug-likeness (QED) is 0.689. The predicted molar refractivity (Wildman–Crippen MR) is 56.7 cm³/mol. The molecular weight excluding hydrogens is 196 g/mol. The van der Waals surface area contributed by atoms with Gasteiger partial charge in [-0.3, -0.25) is 0 Å². The standard InChI is InChI=1S/C10H16N2O3/c1-7-4-11(5-8(2)13)10(15)12(7)6-9(3)14/h7,13-14H,2-6H2,1H3. The summed E-state index contributed by atoms with van der Waals surface area (Å²) in [6, 6.07) is -0.214. The SMILES string of the molecule is C=C(O)CN1CC(C)N(CC(=C)O)C1=O. The van der Waals surface area contributed by atoms with Crippen LogP contribution < -0.4 is 0 Å². The molecule has 5 heteroatoms. The zero-order valence-electron chi connectivity index (χ0n) is 8.81. The molecule has 1 saturated heterocycles. The van der Waals surface area contributed by atoms with E-state index in [4.69, 9.17) is 10.2 Å². The number of rotatable bonds is 4. The Bertz CT molecular complexity index is 301. The molecule has 0 radical (unpaired) electrons. The minimum Gasteiger partial charge on any atom is -0.511 e. The van der Waals surface area contributed by atoms with Gasteiger partial charge in [0.15, 0.2) is 0 Å². The Labute approximate surface area is 88.9 Å². The Balaban J connectivity index is 2.65. The van der Waals surface area contributed by atoms with Crippen LogP contribution in [0.3, 0.4) is 0 Å². The summed E-state index contributed by atoms with van der Waals surface area (Å²) in [6.45, 7) is 9.36.